The van der Waals surface area contributed by atoms with E-state index in [1.807, 2.05) is 18.2 Å². The minimum Gasteiger partial charge on any atom is -0.493 e. The molecule has 1 aromatic rings. The van der Waals surface area contributed by atoms with Gasteiger partial charge in [0, 0.05) is 17.9 Å². The summed E-state index contributed by atoms with van der Waals surface area (Å²) in [5, 5.41) is 0. The Hall–Kier alpha value is -1.31. The van der Waals surface area contributed by atoms with Gasteiger partial charge >= 0.3 is 0 Å². The van der Waals surface area contributed by atoms with Crippen molar-refractivity contribution in [3.63, 3.8) is 0 Å². The summed E-state index contributed by atoms with van der Waals surface area (Å²) in [4.78, 5) is 12.5. The highest BCUT2D eigenvalue weighted by Gasteiger charge is 2.27. The van der Waals surface area contributed by atoms with Crippen LogP contribution in [0.2, 0.25) is 0 Å². The van der Waals surface area contributed by atoms with E-state index >= 15 is 0 Å². The van der Waals surface area contributed by atoms with Crippen LogP contribution in [0, 0.1) is 5.92 Å². The monoisotopic (exact) mass is 272 g/mol. The molecule has 20 heavy (non-hydrogen) atoms. The molecule has 0 radical (unpaired) electrons. The van der Waals surface area contributed by atoms with Crippen molar-refractivity contribution >= 4 is 5.78 Å². The highest BCUT2D eigenvalue weighted by atomic mass is 16.5. The van der Waals surface area contributed by atoms with E-state index in [4.69, 9.17) is 4.74 Å². The lowest BCUT2D eigenvalue weighted by Crippen LogP contribution is -2.22. The van der Waals surface area contributed by atoms with E-state index in [2.05, 4.69) is 6.07 Å². The van der Waals surface area contributed by atoms with Crippen LogP contribution >= 0.6 is 0 Å². The lowest BCUT2D eigenvalue weighted by Gasteiger charge is -2.26. The van der Waals surface area contributed by atoms with Crippen LogP contribution in [0.3, 0.4) is 0 Å². The molecule has 1 aromatic carbocycles. The Morgan fingerprint density at radius 2 is 1.90 bits per heavy atom. The Morgan fingerprint density at radius 3 is 2.75 bits per heavy atom. The van der Waals surface area contributed by atoms with Gasteiger partial charge in [0.05, 0.1) is 6.61 Å². The van der Waals surface area contributed by atoms with Gasteiger partial charge in [-0.1, -0.05) is 50.3 Å². The van der Waals surface area contributed by atoms with Crippen LogP contribution in [-0.4, -0.2) is 12.4 Å². The van der Waals surface area contributed by atoms with Crippen molar-refractivity contribution in [3.8, 4) is 5.75 Å². The van der Waals surface area contributed by atoms with E-state index in [1.54, 1.807) is 0 Å². The van der Waals surface area contributed by atoms with Crippen molar-refractivity contribution in [2.45, 2.75) is 57.3 Å². The van der Waals surface area contributed by atoms with E-state index in [1.165, 1.54) is 32.1 Å². The summed E-state index contributed by atoms with van der Waals surface area (Å²) >= 11 is 0. The lowest BCUT2D eigenvalue weighted by molar-refractivity contribution is -0.121. The molecule has 2 nitrogen and oxygen atoms in total. The van der Waals surface area contributed by atoms with E-state index in [0.29, 0.717) is 12.4 Å². The van der Waals surface area contributed by atoms with Crippen LogP contribution in [0.5, 0.6) is 5.75 Å². The predicted molar refractivity (Wildman–Crippen MR) is 80.1 cm³/mol. The SMILES string of the molecule is O=C(CCC1CCCCC1)C1CCOc2ccccc21. The summed E-state index contributed by atoms with van der Waals surface area (Å²) in [5.41, 5.74) is 1.10. The number of carbonyl (C=O) groups excluding carboxylic acids is 1. The molecule has 1 atom stereocenters. The number of para-hydroxylation sites is 1. The Bertz CT molecular complexity index is 460. The molecule has 108 valence electrons. The third kappa shape index (κ3) is 3.05. The summed E-state index contributed by atoms with van der Waals surface area (Å²) in [5.74, 6) is 2.20. The number of ether oxygens (including phenoxy) is 1. The van der Waals surface area contributed by atoms with Crippen LogP contribution in [-0.2, 0) is 4.79 Å². The van der Waals surface area contributed by atoms with Crippen molar-refractivity contribution in [2.24, 2.45) is 5.92 Å². The van der Waals surface area contributed by atoms with Gasteiger partial charge in [0.1, 0.15) is 11.5 Å². The van der Waals surface area contributed by atoms with Crippen LogP contribution in [0.4, 0.5) is 0 Å². The van der Waals surface area contributed by atoms with Crippen LogP contribution < -0.4 is 4.74 Å². The first kappa shape index (κ1) is 13.7. The van der Waals surface area contributed by atoms with Gasteiger partial charge in [0.2, 0.25) is 0 Å². The summed E-state index contributed by atoms with van der Waals surface area (Å²) in [7, 11) is 0. The molecule has 0 saturated heterocycles. The van der Waals surface area contributed by atoms with Gasteiger partial charge in [-0.3, -0.25) is 4.79 Å². The van der Waals surface area contributed by atoms with E-state index in [0.717, 1.165) is 36.5 Å². The minimum atomic E-state index is 0.0727. The molecule has 1 unspecified atom stereocenters. The third-order valence-corrected chi connectivity index (χ3v) is 4.87. The summed E-state index contributed by atoms with van der Waals surface area (Å²) in [6, 6.07) is 8.02. The highest BCUT2D eigenvalue weighted by molar-refractivity contribution is 5.86. The maximum atomic E-state index is 12.5. The maximum Gasteiger partial charge on any atom is 0.140 e. The standard InChI is InChI=1S/C18H24O2/c19-17(11-10-14-6-2-1-3-7-14)15-12-13-20-18-9-5-4-8-16(15)18/h4-5,8-9,14-15H,1-3,6-7,10-13H2. The average Bonchev–Trinajstić information content (AvgIpc) is 2.53. The van der Waals surface area contributed by atoms with Crippen LogP contribution in [0.15, 0.2) is 24.3 Å². The number of Topliss-reactive ketones (excluding diaryl/α,β-unsaturated/α-hetero) is 1. The molecule has 3 rings (SSSR count). The van der Waals surface area contributed by atoms with Crippen LogP contribution in [0.1, 0.15) is 62.8 Å². The van der Waals surface area contributed by atoms with Gasteiger partial charge in [-0.25, -0.2) is 0 Å². The van der Waals surface area contributed by atoms with Gasteiger partial charge in [0.15, 0.2) is 0 Å². The molecule has 0 amide bonds. The maximum absolute atomic E-state index is 12.5. The second kappa shape index (κ2) is 6.43. The molecule has 1 saturated carbocycles. The smallest absolute Gasteiger partial charge is 0.140 e. The first-order valence-electron chi connectivity index (χ1n) is 8.09. The first-order chi connectivity index (χ1) is 9.84. The molecule has 0 spiro atoms. The zero-order valence-corrected chi connectivity index (χ0v) is 12.1. The van der Waals surface area contributed by atoms with Crippen LogP contribution in [0.25, 0.3) is 0 Å². The second-order valence-electron chi connectivity index (χ2n) is 6.24. The molecule has 1 fully saturated rings. The van der Waals surface area contributed by atoms with Gasteiger partial charge in [-0.2, -0.15) is 0 Å². The van der Waals surface area contributed by atoms with E-state index < -0.39 is 0 Å². The van der Waals surface area contributed by atoms with Crippen molar-refractivity contribution in [3.05, 3.63) is 29.8 Å². The molecule has 2 aliphatic rings. The molecule has 1 aliphatic heterocycles. The average molecular weight is 272 g/mol. The van der Waals surface area contributed by atoms with E-state index in [-0.39, 0.29) is 5.92 Å². The van der Waals surface area contributed by atoms with Crippen molar-refractivity contribution in [1.29, 1.82) is 0 Å². The van der Waals surface area contributed by atoms with Gasteiger partial charge in [-0.15, -0.1) is 0 Å². The minimum absolute atomic E-state index is 0.0727. The number of hydrogen-bond acceptors (Lipinski definition) is 2. The molecule has 0 bridgehead atoms. The molecule has 0 aromatic heterocycles. The highest BCUT2D eigenvalue weighted by Crippen LogP contribution is 2.36. The molecular formula is C18H24O2. The normalized spacial score (nSPS) is 22.9. The fourth-order valence-corrected chi connectivity index (χ4v) is 3.67. The first-order valence-corrected chi connectivity index (χ1v) is 8.09. The topological polar surface area (TPSA) is 26.3 Å². The summed E-state index contributed by atoms with van der Waals surface area (Å²) in [6.07, 6.45) is 9.47. The largest absolute Gasteiger partial charge is 0.493 e. The molecule has 0 N–H and O–H groups in total. The second-order valence-corrected chi connectivity index (χ2v) is 6.24. The number of hydrogen-bond donors (Lipinski definition) is 0. The zero-order chi connectivity index (χ0) is 13.8. The molecular weight excluding hydrogens is 248 g/mol. The lowest BCUT2D eigenvalue weighted by atomic mass is 9.82. The number of ketones is 1. The van der Waals surface area contributed by atoms with Gasteiger partial charge in [-0.05, 0) is 24.8 Å². The fourth-order valence-electron chi connectivity index (χ4n) is 3.67. The molecule has 1 aliphatic carbocycles. The number of fused-ring (bicyclic) bond motifs is 1. The molecule has 1 heterocycles. The Morgan fingerprint density at radius 1 is 1.10 bits per heavy atom. The number of benzene rings is 1. The third-order valence-electron chi connectivity index (χ3n) is 4.87. The summed E-state index contributed by atoms with van der Waals surface area (Å²) < 4.78 is 5.65. The summed E-state index contributed by atoms with van der Waals surface area (Å²) in [6.45, 7) is 0.677. The molecule has 2 heteroatoms. The van der Waals surface area contributed by atoms with Crippen molar-refractivity contribution in [2.75, 3.05) is 6.61 Å². The Kier molecular flexibility index (Phi) is 4.39. The quantitative estimate of drug-likeness (QED) is 0.807. The number of carbonyl (C=O) groups is 1. The zero-order valence-electron chi connectivity index (χ0n) is 12.1. The number of rotatable bonds is 4. The van der Waals surface area contributed by atoms with E-state index in [9.17, 15) is 4.79 Å². The van der Waals surface area contributed by atoms with Gasteiger partial charge in [0.25, 0.3) is 0 Å². The van der Waals surface area contributed by atoms with Gasteiger partial charge < -0.3 is 4.74 Å². The Balaban J connectivity index is 1.60. The fraction of sp³-hybridized carbons (Fsp3) is 0.611. The Labute approximate surface area is 121 Å². The van der Waals surface area contributed by atoms with Crippen molar-refractivity contribution in [1.82, 2.24) is 0 Å². The predicted octanol–water partition coefficient (Wildman–Crippen LogP) is 4.48. The van der Waals surface area contributed by atoms with Crippen molar-refractivity contribution < 1.29 is 9.53 Å².